The van der Waals surface area contributed by atoms with Crippen molar-refractivity contribution in [3.05, 3.63) is 22.2 Å². The number of benzene rings is 1. The molecule has 1 aromatic heterocycles. The van der Waals surface area contributed by atoms with E-state index in [4.69, 9.17) is 10.5 Å². The molecule has 0 aliphatic heterocycles. The second-order valence-electron chi connectivity index (χ2n) is 5.10. The lowest BCUT2D eigenvalue weighted by Gasteiger charge is -2.34. The lowest BCUT2D eigenvalue weighted by atomic mass is 9.89. The summed E-state index contributed by atoms with van der Waals surface area (Å²) in [4.78, 5) is 0. The van der Waals surface area contributed by atoms with Gasteiger partial charge in [0.2, 0.25) is 0 Å². The molecule has 106 valence electrons. The van der Waals surface area contributed by atoms with E-state index in [-0.39, 0.29) is 0 Å². The Bertz CT molecular complexity index is 636. The molecule has 1 aliphatic carbocycles. The smallest absolute Gasteiger partial charge is 0.182 e. The van der Waals surface area contributed by atoms with Crippen LogP contribution in [0.2, 0.25) is 0 Å². The van der Waals surface area contributed by atoms with Gasteiger partial charge in [0.25, 0.3) is 0 Å². The zero-order valence-electron chi connectivity index (χ0n) is 11.4. The lowest BCUT2D eigenvalue weighted by Crippen LogP contribution is -2.33. The largest absolute Gasteiger partial charge is 0.398 e. The van der Waals surface area contributed by atoms with Gasteiger partial charge in [-0.25, -0.2) is 4.68 Å². The van der Waals surface area contributed by atoms with Crippen LogP contribution in [0.25, 0.3) is 11.4 Å². The maximum absolute atomic E-state index is 6.02. The van der Waals surface area contributed by atoms with Gasteiger partial charge in [0.1, 0.15) is 0 Å². The monoisotopic (exact) mass is 337 g/mol. The number of aromatic nitrogens is 4. The van der Waals surface area contributed by atoms with Crippen LogP contribution in [0, 0.1) is 6.92 Å². The molecular weight excluding hydrogens is 322 g/mol. The van der Waals surface area contributed by atoms with Crippen LogP contribution in [0.1, 0.15) is 24.4 Å². The fraction of sp³-hybridized carbons (Fsp3) is 0.462. The molecular formula is C13H16BrN5O. The van der Waals surface area contributed by atoms with Gasteiger partial charge in [-0.1, -0.05) is 15.9 Å². The minimum atomic E-state index is 0.296. The number of hydrogen-bond donors (Lipinski definition) is 1. The van der Waals surface area contributed by atoms with E-state index in [0.717, 1.165) is 40.0 Å². The van der Waals surface area contributed by atoms with Gasteiger partial charge in [-0.05, 0) is 47.9 Å². The molecule has 2 aromatic rings. The van der Waals surface area contributed by atoms with Crippen LogP contribution in [-0.2, 0) is 4.74 Å². The third-order valence-electron chi connectivity index (χ3n) is 3.90. The molecule has 0 saturated heterocycles. The summed E-state index contributed by atoms with van der Waals surface area (Å²) >= 11 is 3.47. The molecule has 3 rings (SSSR count). The summed E-state index contributed by atoms with van der Waals surface area (Å²) in [5.74, 6) is 0.759. The molecule has 0 bridgehead atoms. The van der Waals surface area contributed by atoms with Crippen LogP contribution >= 0.6 is 15.9 Å². The topological polar surface area (TPSA) is 78.8 Å². The third kappa shape index (κ3) is 2.20. The van der Waals surface area contributed by atoms with E-state index in [9.17, 15) is 0 Å². The first-order valence-electron chi connectivity index (χ1n) is 6.46. The maximum Gasteiger partial charge on any atom is 0.182 e. The van der Waals surface area contributed by atoms with E-state index < -0.39 is 0 Å². The van der Waals surface area contributed by atoms with Gasteiger partial charge < -0.3 is 10.5 Å². The van der Waals surface area contributed by atoms with Crippen molar-refractivity contribution < 1.29 is 4.74 Å². The normalized spacial score (nSPS) is 21.8. The van der Waals surface area contributed by atoms with E-state index >= 15 is 0 Å². The van der Waals surface area contributed by atoms with Crippen molar-refractivity contribution >= 4 is 21.6 Å². The van der Waals surface area contributed by atoms with Gasteiger partial charge in [-0.15, -0.1) is 5.10 Å². The number of tetrazole rings is 1. The van der Waals surface area contributed by atoms with E-state index in [2.05, 4.69) is 31.5 Å². The van der Waals surface area contributed by atoms with Crippen LogP contribution in [0.5, 0.6) is 0 Å². The van der Waals surface area contributed by atoms with Gasteiger partial charge in [0.05, 0.1) is 12.1 Å². The number of nitrogens with zero attached hydrogens (tertiary/aromatic N) is 4. The minimum Gasteiger partial charge on any atom is -0.398 e. The van der Waals surface area contributed by atoms with Crippen LogP contribution in [0.4, 0.5) is 5.69 Å². The highest BCUT2D eigenvalue weighted by molar-refractivity contribution is 9.10. The first kappa shape index (κ1) is 13.5. The summed E-state index contributed by atoms with van der Waals surface area (Å²) in [5, 5.41) is 12.1. The Kier molecular flexibility index (Phi) is 3.47. The first-order valence-corrected chi connectivity index (χ1v) is 7.26. The summed E-state index contributed by atoms with van der Waals surface area (Å²) in [6.45, 7) is 1.98. The highest BCUT2D eigenvalue weighted by Crippen LogP contribution is 2.37. The predicted octanol–water partition coefficient (Wildman–Crippen LogP) is 2.34. The Labute approximate surface area is 125 Å². The summed E-state index contributed by atoms with van der Waals surface area (Å²) < 4.78 is 8.12. The van der Waals surface area contributed by atoms with E-state index in [1.54, 1.807) is 7.11 Å². The van der Waals surface area contributed by atoms with Crippen LogP contribution in [0.15, 0.2) is 16.6 Å². The molecule has 20 heavy (non-hydrogen) atoms. The van der Waals surface area contributed by atoms with E-state index in [1.165, 1.54) is 0 Å². The molecule has 1 aromatic carbocycles. The van der Waals surface area contributed by atoms with E-state index in [0.29, 0.717) is 12.1 Å². The Morgan fingerprint density at radius 2 is 2.15 bits per heavy atom. The SMILES string of the molecule is COC1CC(n2nnnc2-c2cc(Br)cc(N)c2C)C1. The van der Waals surface area contributed by atoms with Gasteiger partial charge in [-0.3, -0.25) is 0 Å². The molecule has 0 spiro atoms. The molecule has 0 unspecified atom stereocenters. The van der Waals surface area contributed by atoms with Crippen molar-refractivity contribution in [2.24, 2.45) is 0 Å². The second-order valence-corrected chi connectivity index (χ2v) is 6.01. The highest BCUT2D eigenvalue weighted by Gasteiger charge is 2.33. The Balaban J connectivity index is 1.98. The third-order valence-corrected chi connectivity index (χ3v) is 4.35. The first-order chi connectivity index (χ1) is 9.60. The maximum atomic E-state index is 6.02. The van der Waals surface area contributed by atoms with Crippen LogP contribution in [-0.4, -0.2) is 33.4 Å². The molecule has 0 radical (unpaired) electrons. The molecule has 0 amide bonds. The van der Waals surface area contributed by atoms with Crippen molar-refractivity contribution in [1.29, 1.82) is 0 Å². The number of nitrogen functional groups attached to an aromatic ring is 1. The van der Waals surface area contributed by atoms with Crippen molar-refractivity contribution in [3.63, 3.8) is 0 Å². The number of nitrogens with two attached hydrogens (primary N) is 1. The lowest BCUT2D eigenvalue weighted by molar-refractivity contribution is 0.00248. The Hall–Kier alpha value is -1.47. The number of rotatable bonds is 3. The summed E-state index contributed by atoms with van der Waals surface area (Å²) in [6, 6.07) is 4.18. The van der Waals surface area contributed by atoms with Crippen molar-refractivity contribution in [3.8, 4) is 11.4 Å². The molecule has 7 heteroatoms. The highest BCUT2D eigenvalue weighted by atomic mass is 79.9. The number of halogens is 1. The standard InChI is InChI=1S/C13H16BrN5O/c1-7-11(3-8(14)4-12(7)15)13-16-17-18-19(13)9-5-10(6-9)20-2/h3-4,9-10H,5-6,15H2,1-2H3. The summed E-state index contributed by atoms with van der Waals surface area (Å²) in [6.07, 6.45) is 2.19. The zero-order chi connectivity index (χ0) is 14.3. The number of methoxy groups -OCH3 is 1. The Morgan fingerprint density at radius 3 is 2.85 bits per heavy atom. The van der Waals surface area contributed by atoms with Crippen LogP contribution in [0.3, 0.4) is 0 Å². The molecule has 1 saturated carbocycles. The molecule has 1 heterocycles. The molecule has 1 aliphatic rings. The number of hydrogen-bond acceptors (Lipinski definition) is 5. The summed E-state index contributed by atoms with van der Waals surface area (Å²) in [7, 11) is 1.74. The molecule has 2 N–H and O–H groups in total. The minimum absolute atomic E-state index is 0.296. The van der Waals surface area contributed by atoms with Crippen molar-refractivity contribution in [1.82, 2.24) is 20.2 Å². The fourth-order valence-electron chi connectivity index (χ4n) is 2.48. The Morgan fingerprint density at radius 1 is 1.40 bits per heavy atom. The quantitative estimate of drug-likeness (QED) is 0.869. The molecule has 6 nitrogen and oxygen atoms in total. The van der Waals surface area contributed by atoms with Crippen LogP contribution < -0.4 is 5.73 Å². The predicted molar refractivity (Wildman–Crippen MR) is 79.2 cm³/mol. The second kappa shape index (κ2) is 5.14. The fourth-order valence-corrected chi connectivity index (χ4v) is 2.95. The number of ether oxygens (including phenoxy) is 1. The zero-order valence-corrected chi connectivity index (χ0v) is 13.0. The van der Waals surface area contributed by atoms with Gasteiger partial charge in [-0.2, -0.15) is 0 Å². The molecule has 0 atom stereocenters. The average molecular weight is 338 g/mol. The van der Waals surface area contributed by atoms with Gasteiger partial charge in [0, 0.05) is 22.8 Å². The van der Waals surface area contributed by atoms with Gasteiger partial charge in [0.15, 0.2) is 5.82 Å². The van der Waals surface area contributed by atoms with Gasteiger partial charge >= 0.3 is 0 Å². The van der Waals surface area contributed by atoms with Crippen molar-refractivity contribution in [2.75, 3.05) is 12.8 Å². The molecule has 1 fully saturated rings. The summed E-state index contributed by atoms with van der Waals surface area (Å²) in [5.41, 5.74) is 8.70. The number of anilines is 1. The van der Waals surface area contributed by atoms with Crippen molar-refractivity contribution in [2.45, 2.75) is 31.9 Å². The van der Waals surface area contributed by atoms with E-state index in [1.807, 2.05) is 23.7 Å². The average Bonchev–Trinajstić information content (AvgIpc) is 2.81.